The summed E-state index contributed by atoms with van der Waals surface area (Å²) in [6.45, 7) is 2.34. The van der Waals surface area contributed by atoms with Crippen molar-refractivity contribution in [3.8, 4) is 6.07 Å². The van der Waals surface area contributed by atoms with E-state index in [-0.39, 0.29) is 11.3 Å². The van der Waals surface area contributed by atoms with Crippen LogP contribution in [0.15, 0.2) is 12.1 Å². The van der Waals surface area contributed by atoms with Crippen LogP contribution in [0.2, 0.25) is 0 Å². The normalized spacial score (nSPS) is 14.1. The molecule has 0 aliphatic heterocycles. The fraction of sp³-hybridized carbons (Fsp3) is 0.385. The number of alkyl halides is 3. The summed E-state index contributed by atoms with van der Waals surface area (Å²) in [7, 11) is 0. The second-order valence-electron chi connectivity index (χ2n) is 4.47. The number of aliphatic carboxylic acids is 1. The molecule has 0 aliphatic carbocycles. The van der Waals surface area contributed by atoms with Gasteiger partial charge in [0.2, 0.25) is 0 Å². The first-order chi connectivity index (χ1) is 9.59. The Kier molecular flexibility index (Phi) is 4.80. The molecule has 0 amide bonds. The van der Waals surface area contributed by atoms with Crippen LogP contribution >= 0.6 is 0 Å². The highest BCUT2D eigenvalue weighted by atomic mass is 19.4. The molecule has 1 rings (SSSR count). The third-order valence-electron chi connectivity index (χ3n) is 2.93. The number of hydrogen-bond donors (Lipinski definition) is 3. The van der Waals surface area contributed by atoms with Gasteiger partial charge in [0.05, 0.1) is 23.3 Å². The van der Waals surface area contributed by atoms with Crippen LogP contribution in [0, 0.1) is 18.3 Å². The Labute approximate surface area is 118 Å². The van der Waals surface area contributed by atoms with Crippen molar-refractivity contribution in [1.29, 1.82) is 5.26 Å². The van der Waals surface area contributed by atoms with E-state index in [0.29, 0.717) is 0 Å². The number of hydrogen-bond acceptors (Lipinski definition) is 4. The molecule has 0 radical (unpaired) electrons. The third kappa shape index (κ3) is 3.64. The summed E-state index contributed by atoms with van der Waals surface area (Å²) < 4.78 is 39.0. The van der Waals surface area contributed by atoms with Gasteiger partial charge in [0.25, 0.3) is 0 Å². The van der Waals surface area contributed by atoms with E-state index in [4.69, 9.17) is 10.4 Å². The summed E-state index contributed by atoms with van der Waals surface area (Å²) in [5.41, 5.74) is -2.07. The van der Waals surface area contributed by atoms with Gasteiger partial charge in [0, 0.05) is 5.69 Å². The Bertz CT molecular complexity index is 592. The van der Waals surface area contributed by atoms with Gasteiger partial charge in [-0.15, -0.1) is 0 Å². The maximum absolute atomic E-state index is 13.0. The Morgan fingerprint density at radius 1 is 1.43 bits per heavy atom. The van der Waals surface area contributed by atoms with Gasteiger partial charge >= 0.3 is 12.1 Å². The van der Waals surface area contributed by atoms with Crippen molar-refractivity contribution in [3.05, 3.63) is 28.8 Å². The molecule has 0 spiro atoms. The van der Waals surface area contributed by atoms with Crippen molar-refractivity contribution >= 4 is 11.7 Å². The molecule has 8 heteroatoms. The molecule has 0 unspecified atom stereocenters. The van der Waals surface area contributed by atoms with E-state index < -0.39 is 35.4 Å². The van der Waals surface area contributed by atoms with E-state index in [1.807, 2.05) is 0 Å². The van der Waals surface area contributed by atoms with Gasteiger partial charge in [-0.25, -0.2) is 4.79 Å². The summed E-state index contributed by atoms with van der Waals surface area (Å²) in [4.78, 5) is 11.0. The molecular formula is C13H13F3N2O3. The predicted octanol–water partition coefficient (Wildman–Crippen LogP) is 2.13. The number of nitrogens with one attached hydrogen (secondary N) is 1. The highest BCUT2D eigenvalue weighted by Crippen LogP contribution is 2.37. The first-order valence-corrected chi connectivity index (χ1v) is 5.88. The van der Waals surface area contributed by atoms with Gasteiger partial charge in [-0.1, -0.05) is 0 Å². The number of aliphatic hydroxyl groups excluding tert-OH is 1. The number of nitrogens with zero attached hydrogens (tertiary/aromatic N) is 1. The second kappa shape index (κ2) is 6.01. The van der Waals surface area contributed by atoms with E-state index in [1.54, 1.807) is 0 Å². The zero-order valence-electron chi connectivity index (χ0n) is 11.2. The minimum atomic E-state index is -4.74. The molecule has 0 heterocycles. The van der Waals surface area contributed by atoms with Crippen LogP contribution in [-0.4, -0.2) is 28.3 Å². The van der Waals surface area contributed by atoms with Crippen LogP contribution in [0.3, 0.4) is 0 Å². The number of benzene rings is 1. The minimum Gasteiger partial charge on any atom is -0.480 e. The molecule has 0 aliphatic rings. The zero-order chi connectivity index (χ0) is 16.4. The molecule has 21 heavy (non-hydrogen) atoms. The summed E-state index contributed by atoms with van der Waals surface area (Å²) in [5.74, 6) is -1.40. The van der Waals surface area contributed by atoms with Crippen molar-refractivity contribution in [2.24, 2.45) is 0 Å². The lowest BCUT2D eigenvalue weighted by molar-refractivity contribution is -0.140. The smallest absolute Gasteiger partial charge is 0.418 e. The predicted molar refractivity (Wildman–Crippen MR) is 67.6 cm³/mol. The van der Waals surface area contributed by atoms with Gasteiger partial charge in [-0.3, -0.25) is 0 Å². The van der Waals surface area contributed by atoms with Crippen molar-refractivity contribution in [3.63, 3.8) is 0 Å². The zero-order valence-corrected chi connectivity index (χ0v) is 11.2. The van der Waals surface area contributed by atoms with E-state index in [1.165, 1.54) is 19.1 Å². The number of nitriles is 1. The number of aliphatic hydroxyl groups is 1. The Morgan fingerprint density at radius 2 is 2.00 bits per heavy atom. The highest BCUT2D eigenvalue weighted by molar-refractivity contribution is 5.79. The second-order valence-corrected chi connectivity index (χ2v) is 4.47. The fourth-order valence-corrected chi connectivity index (χ4v) is 1.88. The lowest BCUT2D eigenvalue weighted by atomic mass is 9.99. The molecule has 2 atom stereocenters. The number of carbonyl (C=O) groups is 1. The van der Waals surface area contributed by atoms with Gasteiger partial charge < -0.3 is 15.5 Å². The standard InChI is InChI=1S/C13H13F3N2O3/c1-6-9(18-11(7(2)19)12(20)21)4-3-8(5-17)10(6)13(14,15)16/h3-4,7,11,18-19H,1-2H3,(H,20,21)/t7-,11-/m1/s1. The average molecular weight is 302 g/mol. The van der Waals surface area contributed by atoms with Crippen LogP contribution in [0.25, 0.3) is 0 Å². The van der Waals surface area contributed by atoms with Crippen molar-refractivity contribution in [2.45, 2.75) is 32.2 Å². The molecule has 0 saturated heterocycles. The molecule has 0 aromatic heterocycles. The summed E-state index contributed by atoms with van der Waals surface area (Å²) in [5, 5.41) is 29.4. The summed E-state index contributed by atoms with van der Waals surface area (Å²) in [6.07, 6.45) is -6.05. The van der Waals surface area contributed by atoms with E-state index in [0.717, 1.165) is 13.0 Å². The highest BCUT2D eigenvalue weighted by Gasteiger charge is 2.36. The summed E-state index contributed by atoms with van der Waals surface area (Å²) in [6, 6.07) is 2.13. The number of rotatable bonds is 4. The maximum Gasteiger partial charge on any atom is 0.418 e. The van der Waals surface area contributed by atoms with Crippen LogP contribution in [0.4, 0.5) is 18.9 Å². The Balaban J connectivity index is 3.35. The van der Waals surface area contributed by atoms with Gasteiger partial charge in [0.15, 0.2) is 6.04 Å². The monoisotopic (exact) mass is 302 g/mol. The molecule has 114 valence electrons. The SMILES string of the molecule is Cc1c(N[C@@H](C(=O)O)[C@@H](C)O)ccc(C#N)c1C(F)(F)F. The molecule has 5 nitrogen and oxygen atoms in total. The van der Waals surface area contributed by atoms with E-state index in [2.05, 4.69) is 5.32 Å². The summed E-state index contributed by atoms with van der Waals surface area (Å²) >= 11 is 0. The van der Waals surface area contributed by atoms with Crippen molar-refractivity contribution < 1.29 is 28.2 Å². The van der Waals surface area contributed by atoms with E-state index >= 15 is 0 Å². The Morgan fingerprint density at radius 3 is 2.38 bits per heavy atom. The van der Waals surface area contributed by atoms with Crippen molar-refractivity contribution in [2.75, 3.05) is 5.32 Å². The molecule has 0 saturated carbocycles. The van der Waals surface area contributed by atoms with Crippen LogP contribution in [-0.2, 0) is 11.0 Å². The van der Waals surface area contributed by atoms with Crippen molar-refractivity contribution in [1.82, 2.24) is 0 Å². The van der Waals surface area contributed by atoms with Crippen LogP contribution in [0.1, 0.15) is 23.6 Å². The average Bonchev–Trinajstić information content (AvgIpc) is 2.34. The molecule has 0 fully saturated rings. The molecule has 1 aromatic carbocycles. The van der Waals surface area contributed by atoms with Gasteiger partial charge in [-0.2, -0.15) is 18.4 Å². The molecule has 1 aromatic rings. The number of anilines is 1. The van der Waals surface area contributed by atoms with Gasteiger partial charge in [0.1, 0.15) is 0 Å². The molecule has 3 N–H and O–H groups in total. The van der Waals surface area contributed by atoms with Crippen LogP contribution in [0.5, 0.6) is 0 Å². The molecular weight excluding hydrogens is 289 g/mol. The number of carboxylic acids is 1. The lowest BCUT2D eigenvalue weighted by Gasteiger charge is -2.22. The maximum atomic E-state index is 13.0. The first-order valence-electron chi connectivity index (χ1n) is 5.88. The van der Waals surface area contributed by atoms with E-state index in [9.17, 15) is 23.1 Å². The third-order valence-corrected chi connectivity index (χ3v) is 2.93. The number of halogens is 3. The fourth-order valence-electron chi connectivity index (χ4n) is 1.88. The first kappa shape index (κ1) is 16.8. The minimum absolute atomic E-state index is 0.102. The van der Waals surface area contributed by atoms with Crippen LogP contribution < -0.4 is 5.32 Å². The largest absolute Gasteiger partial charge is 0.480 e. The quantitative estimate of drug-likeness (QED) is 0.792. The van der Waals surface area contributed by atoms with Gasteiger partial charge in [-0.05, 0) is 31.5 Å². The number of carboxylic acid groups (broad SMARTS) is 1. The lowest BCUT2D eigenvalue weighted by Crippen LogP contribution is -2.39. The Hall–Kier alpha value is -2.27. The topological polar surface area (TPSA) is 93.3 Å². The molecule has 0 bridgehead atoms.